The van der Waals surface area contributed by atoms with E-state index in [9.17, 15) is 22.8 Å². The third-order valence-corrected chi connectivity index (χ3v) is 1.02. The Labute approximate surface area is 65.5 Å². The van der Waals surface area contributed by atoms with Crippen LogP contribution in [0.5, 0.6) is 0 Å². The molecule has 0 aromatic rings. The van der Waals surface area contributed by atoms with Crippen LogP contribution >= 0.6 is 0 Å². The van der Waals surface area contributed by atoms with E-state index in [0.29, 0.717) is 0 Å². The van der Waals surface area contributed by atoms with Crippen molar-refractivity contribution in [3.05, 3.63) is 0 Å². The largest absolute Gasteiger partial charge is 0.468 e. The van der Waals surface area contributed by atoms with E-state index >= 15 is 0 Å². The molecule has 0 bridgehead atoms. The van der Waals surface area contributed by atoms with Crippen LogP contribution in [0.3, 0.4) is 0 Å². The number of nitrogens with two attached hydrogens (primary N) is 1. The summed E-state index contributed by atoms with van der Waals surface area (Å²) in [7, 11) is 0.839. The molecule has 0 heterocycles. The van der Waals surface area contributed by atoms with Crippen molar-refractivity contribution in [3.63, 3.8) is 0 Å². The van der Waals surface area contributed by atoms with Gasteiger partial charge >= 0.3 is 12.1 Å². The van der Waals surface area contributed by atoms with E-state index < -0.39 is 24.0 Å². The van der Waals surface area contributed by atoms with Gasteiger partial charge in [0, 0.05) is 0 Å². The molecule has 0 saturated heterocycles. The van der Waals surface area contributed by atoms with Gasteiger partial charge in [0.1, 0.15) is 0 Å². The average molecular weight is 185 g/mol. The molecule has 1 atom stereocenters. The molecule has 4 nitrogen and oxygen atoms in total. The lowest BCUT2D eigenvalue weighted by Crippen LogP contribution is -2.46. The molecular weight excluding hydrogens is 179 g/mol. The normalized spacial score (nSPS) is 13.8. The highest BCUT2D eigenvalue weighted by Gasteiger charge is 2.45. The molecule has 0 unspecified atom stereocenters. The van der Waals surface area contributed by atoms with E-state index in [1.165, 1.54) is 0 Å². The van der Waals surface area contributed by atoms with Gasteiger partial charge in [0.15, 0.2) is 6.04 Å². The molecule has 12 heavy (non-hydrogen) atoms. The molecule has 0 amide bonds. The number of carbonyl (C=O) groups excluding carboxylic acids is 2. The summed E-state index contributed by atoms with van der Waals surface area (Å²) in [4.78, 5) is 20.5. The zero-order valence-electron chi connectivity index (χ0n) is 6.01. The minimum atomic E-state index is -5.10. The van der Waals surface area contributed by atoms with Crippen molar-refractivity contribution in [2.75, 3.05) is 7.11 Å². The monoisotopic (exact) mass is 185 g/mol. The van der Waals surface area contributed by atoms with Gasteiger partial charge in [-0.15, -0.1) is 0 Å². The number of Topliss-reactive ketones (excluding diaryl/α,β-unsaturated/α-hetero) is 1. The molecular formula is C5H6F3NO3. The van der Waals surface area contributed by atoms with Crippen LogP contribution in [0, 0.1) is 0 Å². The lowest BCUT2D eigenvalue weighted by Gasteiger charge is -2.09. The molecule has 0 rings (SSSR count). The SMILES string of the molecule is COC(=O)[C@@H](N)C(=O)C(F)(F)F. The van der Waals surface area contributed by atoms with E-state index in [-0.39, 0.29) is 0 Å². The maximum atomic E-state index is 11.6. The lowest BCUT2D eigenvalue weighted by atomic mass is 10.2. The first kappa shape index (κ1) is 10.9. The number of hydrogen-bond donors (Lipinski definition) is 1. The molecule has 0 radical (unpaired) electrons. The summed E-state index contributed by atoms with van der Waals surface area (Å²) in [6, 6.07) is -2.28. The molecule has 0 fully saturated rings. The predicted molar refractivity (Wildman–Crippen MR) is 31.1 cm³/mol. The number of methoxy groups -OCH3 is 1. The fraction of sp³-hybridized carbons (Fsp3) is 0.600. The van der Waals surface area contributed by atoms with Crippen LogP contribution in [-0.2, 0) is 14.3 Å². The molecule has 0 aromatic carbocycles. The molecule has 0 spiro atoms. The third-order valence-electron chi connectivity index (χ3n) is 1.02. The second-order valence-electron chi connectivity index (χ2n) is 1.86. The van der Waals surface area contributed by atoms with Crippen molar-refractivity contribution in [3.8, 4) is 0 Å². The maximum Gasteiger partial charge on any atom is 0.452 e. The highest BCUT2D eigenvalue weighted by atomic mass is 19.4. The average Bonchev–Trinajstić information content (AvgIpc) is 1.98. The van der Waals surface area contributed by atoms with Gasteiger partial charge in [-0.2, -0.15) is 13.2 Å². The van der Waals surface area contributed by atoms with Gasteiger partial charge in [0.05, 0.1) is 7.11 Å². The Morgan fingerprint density at radius 2 is 1.83 bits per heavy atom. The van der Waals surface area contributed by atoms with Crippen molar-refractivity contribution >= 4 is 11.8 Å². The highest BCUT2D eigenvalue weighted by molar-refractivity contribution is 6.05. The maximum absolute atomic E-state index is 11.6. The summed E-state index contributed by atoms with van der Waals surface area (Å²) in [6.07, 6.45) is -5.10. The first-order valence-electron chi connectivity index (χ1n) is 2.75. The number of ether oxygens (including phenoxy) is 1. The van der Waals surface area contributed by atoms with Gasteiger partial charge in [-0.05, 0) is 0 Å². The van der Waals surface area contributed by atoms with Gasteiger partial charge < -0.3 is 10.5 Å². The molecule has 2 N–H and O–H groups in total. The Morgan fingerprint density at radius 1 is 1.42 bits per heavy atom. The van der Waals surface area contributed by atoms with Gasteiger partial charge in [-0.1, -0.05) is 0 Å². The number of alkyl halides is 3. The van der Waals surface area contributed by atoms with Crippen molar-refractivity contribution < 1.29 is 27.5 Å². The third kappa shape index (κ3) is 2.50. The summed E-state index contributed by atoms with van der Waals surface area (Å²) in [6.45, 7) is 0. The molecule has 0 aliphatic heterocycles. The van der Waals surface area contributed by atoms with E-state index in [0.717, 1.165) is 7.11 Å². The Bertz CT molecular complexity index is 201. The summed E-state index contributed by atoms with van der Waals surface area (Å²) in [5.74, 6) is -3.72. The number of halogens is 3. The minimum absolute atomic E-state index is 0.839. The molecule has 0 aliphatic rings. The molecule has 70 valence electrons. The van der Waals surface area contributed by atoms with Crippen LogP contribution in [0.4, 0.5) is 13.2 Å². The smallest absolute Gasteiger partial charge is 0.452 e. The van der Waals surface area contributed by atoms with E-state index in [4.69, 9.17) is 0 Å². The first-order chi connectivity index (χ1) is 5.30. The first-order valence-corrected chi connectivity index (χ1v) is 2.75. The fourth-order valence-electron chi connectivity index (χ4n) is 0.410. The second kappa shape index (κ2) is 3.53. The van der Waals surface area contributed by atoms with Gasteiger partial charge in [0.25, 0.3) is 5.78 Å². The van der Waals surface area contributed by atoms with Crippen LogP contribution in [0.1, 0.15) is 0 Å². The van der Waals surface area contributed by atoms with E-state index in [1.54, 1.807) is 0 Å². The number of ketones is 1. The zero-order valence-corrected chi connectivity index (χ0v) is 6.01. The fourth-order valence-corrected chi connectivity index (χ4v) is 0.410. The number of rotatable bonds is 2. The summed E-state index contributed by atoms with van der Waals surface area (Å²) < 4.78 is 38.5. The summed E-state index contributed by atoms with van der Waals surface area (Å²) >= 11 is 0. The van der Waals surface area contributed by atoms with E-state index in [1.807, 2.05) is 0 Å². The van der Waals surface area contributed by atoms with Crippen LogP contribution in [0.2, 0.25) is 0 Å². The minimum Gasteiger partial charge on any atom is -0.468 e. The van der Waals surface area contributed by atoms with Crippen LogP contribution < -0.4 is 5.73 Å². The standard InChI is InChI=1S/C5H6F3NO3/c1-12-4(11)2(9)3(10)5(6,7)8/h2H,9H2,1H3/t2-/m0/s1. The number of carbonyl (C=O) groups is 2. The molecule has 7 heteroatoms. The topological polar surface area (TPSA) is 69.4 Å². The number of hydrogen-bond acceptors (Lipinski definition) is 4. The van der Waals surface area contributed by atoms with Gasteiger partial charge in [0.2, 0.25) is 0 Å². The van der Waals surface area contributed by atoms with Gasteiger partial charge in [-0.25, -0.2) is 4.79 Å². The predicted octanol–water partition coefficient (Wildman–Crippen LogP) is -0.382. The van der Waals surface area contributed by atoms with Crippen molar-refractivity contribution in [1.82, 2.24) is 0 Å². The Balaban J connectivity index is 4.41. The Hall–Kier alpha value is -1.11. The summed E-state index contributed by atoms with van der Waals surface area (Å²) in [5, 5.41) is 0. The van der Waals surface area contributed by atoms with Crippen molar-refractivity contribution in [2.24, 2.45) is 5.73 Å². The van der Waals surface area contributed by atoms with Crippen LogP contribution in [-0.4, -0.2) is 31.1 Å². The van der Waals surface area contributed by atoms with Crippen LogP contribution in [0.15, 0.2) is 0 Å². The van der Waals surface area contributed by atoms with E-state index in [2.05, 4.69) is 10.5 Å². The molecule has 0 aliphatic carbocycles. The molecule has 0 saturated carbocycles. The lowest BCUT2D eigenvalue weighted by molar-refractivity contribution is -0.176. The van der Waals surface area contributed by atoms with Crippen molar-refractivity contribution in [1.29, 1.82) is 0 Å². The van der Waals surface area contributed by atoms with Crippen LogP contribution in [0.25, 0.3) is 0 Å². The number of esters is 1. The summed E-state index contributed by atoms with van der Waals surface area (Å²) in [5.41, 5.74) is 4.61. The Kier molecular flexibility index (Phi) is 3.20. The molecule has 0 aromatic heterocycles. The van der Waals surface area contributed by atoms with Crippen molar-refractivity contribution in [2.45, 2.75) is 12.2 Å². The quantitative estimate of drug-likeness (QED) is 0.470. The zero-order chi connectivity index (χ0) is 9.94. The Morgan fingerprint density at radius 3 is 2.08 bits per heavy atom. The highest BCUT2D eigenvalue weighted by Crippen LogP contribution is 2.17. The van der Waals surface area contributed by atoms with Gasteiger partial charge in [-0.3, -0.25) is 4.79 Å². The second-order valence-corrected chi connectivity index (χ2v) is 1.86.